The molecule has 1 atom stereocenters. The summed E-state index contributed by atoms with van der Waals surface area (Å²) in [6, 6.07) is 5.82. The molecule has 3 nitrogen and oxygen atoms in total. The van der Waals surface area contributed by atoms with E-state index in [1.165, 1.54) is 31.5 Å². The number of hydrogen-bond acceptors (Lipinski definition) is 3. The molecule has 1 aliphatic rings. The molecule has 0 bridgehead atoms. The molecular formula is C14H22N2O. The van der Waals surface area contributed by atoms with Gasteiger partial charge in [0.25, 0.3) is 0 Å². The van der Waals surface area contributed by atoms with Gasteiger partial charge in [-0.15, -0.1) is 0 Å². The van der Waals surface area contributed by atoms with Gasteiger partial charge in [0.2, 0.25) is 0 Å². The maximum atomic E-state index is 9.61. The fourth-order valence-electron chi connectivity index (χ4n) is 2.57. The number of hydrogen-bond donors (Lipinski definition) is 2. The van der Waals surface area contributed by atoms with Crippen molar-refractivity contribution in [2.45, 2.75) is 26.3 Å². The van der Waals surface area contributed by atoms with Crippen LogP contribution in [0.5, 0.6) is 5.75 Å². The van der Waals surface area contributed by atoms with Crippen LogP contribution in [0.15, 0.2) is 18.2 Å². The van der Waals surface area contributed by atoms with Crippen molar-refractivity contribution in [3.63, 3.8) is 0 Å². The van der Waals surface area contributed by atoms with Crippen LogP contribution in [0.1, 0.15) is 25.3 Å². The van der Waals surface area contributed by atoms with E-state index in [1.807, 2.05) is 19.2 Å². The molecule has 0 radical (unpaired) electrons. The lowest BCUT2D eigenvalue weighted by Crippen LogP contribution is -2.33. The molecule has 17 heavy (non-hydrogen) atoms. The van der Waals surface area contributed by atoms with Crippen LogP contribution in [0.25, 0.3) is 0 Å². The van der Waals surface area contributed by atoms with Crippen LogP contribution in [-0.2, 0) is 6.54 Å². The van der Waals surface area contributed by atoms with Crippen LogP contribution in [0.3, 0.4) is 0 Å². The quantitative estimate of drug-likeness (QED) is 0.789. The molecule has 0 spiro atoms. The van der Waals surface area contributed by atoms with E-state index in [0.717, 1.165) is 18.2 Å². The number of piperidine rings is 1. The molecule has 94 valence electrons. The highest BCUT2D eigenvalue weighted by molar-refractivity contribution is 5.56. The van der Waals surface area contributed by atoms with Gasteiger partial charge < -0.3 is 10.4 Å². The Labute approximate surface area is 103 Å². The third kappa shape index (κ3) is 3.13. The van der Waals surface area contributed by atoms with Crippen molar-refractivity contribution in [1.29, 1.82) is 0 Å². The lowest BCUT2D eigenvalue weighted by atomic mass is 10.00. The molecule has 0 unspecified atom stereocenters. The predicted molar refractivity (Wildman–Crippen MR) is 71.3 cm³/mol. The van der Waals surface area contributed by atoms with E-state index in [-0.39, 0.29) is 0 Å². The minimum Gasteiger partial charge on any atom is -0.506 e. The van der Waals surface area contributed by atoms with Gasteiger partial charge >= 0.3 is 0 Å². The molecule has 2 N–H and O–H groups in total. The Morgan fingerprint density at radius 3 is 3.00 bits per heavy atom. The average Bonchev–Trinajstić information content (AvgIpc) is 2.32. The molecule has 0 aromatic heterocycles. The van der Waals surface area contributed by atoms with E-state index in [1.54, 1.807) is 6.07 Å². The standard InChI is InChI=1S/C14H22N2O/c1-11-4-3-7-16(9-11)10-12-5-6-14(17)13(8-12)15-2/h5-6,8,11,15,17H,3-4,7,9-10H2,1-2H3/t11-/m0/s1. The first-order valence-electron chi connectivity index (χ1n) is 6.41. The zero-order chi connectivity index (χ0) is 12.3. The van der Waals surface area contributed by atoms with Crippen molar-refractivity contribution in [2.24, 2.45) is 5.92 Å². The van der Waals surface area contributed by atoms with Crippen molar-refractivity contribution < 1.29 is 5.11 Å². The average molecular weight is 234 g/mol. The lowest BCUT2D eigenvalue weighted by Gasteiger charge is -2.30. The number of aromatic hydroxyl groups is 1. The van der Waals surface area contributed by atoms with Gasteiger partial charge in [-0.1, -0.05) is 13.0 Å². The Balaban J connectivity index is 2.02. The van der Waals surface area contributed by atoms with Crippen LogP contribution >= 0.6 is 0 Å². The maximum Gasteiger partial charge on any atom is 0.138 e. The fraction of sp³-hybridized carbons (Fsp3) is 0.571. The minimum atomic E-state index is 0.322. The van der Waals surface area contributed by atoms with Crippen molar-refractivity contribution >= 4 is 5.69 Å². The van der Waals surface area contributed by atoms with Gasteiger partial charge in [0, 0.05) is 20.1 Å². The summed E-state index contributed by atoms with van der Waals surface area (Å²) in [5.74, 6) is 1.13. The van der Waals surface area contributed by atoms with E-state index < -0.39 is 0 Å². The molecule has 0 amide bonds. The number of benzene rings is 1. The van der Waals surface area contributed by atoms with E-state index in [9.17, 15) is 5.11 Å². The van der Waals surface area contributed by atoms with Crippen molar-refractivity contribution in [1.82, 2.24) is 4.90 Å². The number of phenols is 1. The van der Waals surface area contributed by atoms with Crippen LogP contribution in [0, 0.1) is 5.92 Å². The van der Waals surface area contributed by atoms with Gasteiger partial charge in [0.15, 0.2) is 0 Å². The number of phenolic OH excluding ortho intramolecular Hbond substituents is 1. The van der Waals surface area contributed by atoms with Crippen LogP contribution < -0.4 is 5.32 Å². The molecule has 0 saturated carbocycles. The molecule has 1 heterocycles. The second-order valence-electron chi connectivity index (χ2n) is 5.08. The largest absolute Gasteiger partial charge is 0.506 e. The van der Waals surface area contributed by atoms with E-state index >= 15 is 0 Å². The molecule has 2 rings (SSSR count). The lowest BCUT2D eigenvalue weighted by molar-refractivity contribution is 0.176. The smallest absolute Gasteiger partial charge is 0.138 e. The third-order valence-corrected chi connectivity index (χ3v) is 3.48. The zero-order valence-electron chi connectivity index (χ0n) is 10.7. The first-order chi connectivity index (χ1) is 8.19. The zero-order valence-corrected chi connectivity index (χ0v) is 10.7. The third-order valence-electron chi connectivity index (χ3n) is 3.48. The van der Waals surface area contributed by atoms with Crippen LogP contribution in [-0.4, -0.2) is 30.1 Å². The normalized spacial score (nSPS) is 21.4. The summed E-state index contributed by atoms with van der Waals surface area (Å²) in [5, 5.41) is 12.6. The summed E-state index contributed by atoms with van der Waals surface area (Å²) in [5.41, 5.74) is 2.08. The van der Waals surface area contributed by atoms with Crippen molar-refractivity contribution in [2.75, 3.05) is 25.5 Å². The van der Waals surface area contributed by atoms with E-state index in [4.69, 9.17) is 0 Å². The molecule has 1 aromatic carbocycles. The first kappa shape index (κ1) is 12.2. The number of rotatable bonds is 3. The summed E-state index contributed by atoms with van der Waals surface area (Å²) in [6.07, 6.45) is 2.66. The van der Waals surface area contributed by atoms with E-state index in [0.29, 0.717) is 5.75 Å². The van der Waals surface area contributed by atoms with Crippen LogP contribution in [0.4, 0.5) is 5.69 Å². The Hall–Kier alpha value is -1.22. The number of anilines is 1. The highest BCUT2D eigenvalue weighted by Crippen LogP contribution is 2.25. The van der Waals surface area contributed by atoms with E-state index in [2.05, 4.69) is 17.1 Å². The SMILES string of the molecule is CNc1cc(CN2CCC[C@H](C)C2)ccc1O. The Kier molecular flexibility index (Phi) is 3.89. The molecule has 1 aromatic rings. The van der Waals surface area contributed by atoms with Gasteiger partial charge in [-0.3, -0.25) is 4.90 Å². The molecule has 1 fully saturated rings. The monoisotopic (exact) mass is 234 g/mol. The highest BCUT2D eigenvalue weighted by Gasteiger charge is 2.16. The summed E-state index contributed by atoms with van der Waals surface area (Å²) in [4.78, 5) is 2.50. The summed E-state index contributed by atoms with van der Waals surface area (Å²) >= 11 is 0. The Bertz CT molecular complexity index is 378. The van der Waals surface area contributed by atoms with Gasteiger partial charge in [-0.2, -0.15) is 0 Å². The molecule has 0 aliphatic carbocycles. The van der Waals surface area contributed by atoms with Gasteiger partial charge in [0.05, 0.1) is 5.69 Å². The maximum absolute atomic E-state index is 9.61. The molecule has 3 heteroatoms. The van der Waals surface area contributed by atoms with Crippen molar-refractivity contribution in [3.05, 3.63) is 23.8 Å². The molecule has 1 aliphatic heterocycles. The van der Waals surface area contributed by atoms with Crippen LogP contribution in [0.2, 0.25) is 0 Å². The number of nitrogens with zero attached hydrogens (tertiary/aromatic N) is 1. The Morgan fingerprint density at radius 1 is 1.47 bits per heavy atom. The fourth-order valence-corrected chi connectivity index (χ4v) is 2.57. The predicted octanol–water partition coefficient (Wildman–Crippen LogP) is 2.67. The molecule has 1 saturated heterocycles. The highest BCUT2D eigenvalue weighted by atomic mass is 16.3. The summed E-state index contributed by atoms with van der Waals surface area (Å²) in [7, 11) is 1.84. The molecular weight excluding hydrogens is 212 g/mol. The van der Waals surface area contributed by atoms with Gasteiger partial charge in [0.1, 0.15) is 5.75 Å². The number of likely N-dealkylation sites (tertiary alicyclic amines) is 1. The minimum absolute atomic E-state index is 0.322. The van der Waals surface area contributed by atoms with Gasteiger partial charge in [-0.05, 0) is 43.0 Å². The van der Waals surface area contributed by atoms with Crippen molar-refractivity contribution in [3.8, 4) is 5.75 Å². The second kappa shape index (κ2) is 5.41. The number of nitrogens with one attached hydrogen (secondary N) is 1. The summed E-state index contributed by atoms with van der Waals surface area (Å²) < 4.78 is 0. The topological polar surface area (TPSA) is 35.5 Å². The summed E-state index contributed by atoms with van der Waals surface area (Å²) in [6.45, 7) is 5.69. The Morgan fingerprint density at radius 2 is 2.29 bits per heavy atom. The second-order valence-corrected chi connectivity index (χ2v) is 5.08. The van der Waals surface area contributed by atoms with Gasteiger partial charge in [-0.25, -0.2) is 0 Å². The first-order valence-corrected chi connectivity index (χ1v) is 6.41.